The molecule has 2 aliphatic rings. The van der Waals surface area contributed by atoms with Crippen molar-refractivity contribution in [2.75, 3.05) is 5.32 Å². The van der Waals surface area contributed by atoms with Crippen molar-refractivity contribution >= 4 is 28.4 Å². The molecule has 6 nitrogen and oxygen atoms in total. The van der Waals surface area contributed by atoms with Gasteiger partial charge >= 0.3 is 0 Å². The van der Waals surface area contributed by atoms with E-state index in [1.54, 1.807) is 16.7 Å². The number of hydrogen-bond donors (Lipinski definition) is 3. The van der Waals surface area contributed by atoms with Gasteiger partial charge in [0.2, 0.25) is 5.91 Å². The number of fused-ring (bicyclic) bond motifs is 3. The summed E-state index contributed by atoms with van der Waals surface area (Å²) < 4.78 is 15.9. The van der Waals surface area contributed by atoms with Gasteiger partial charge in [-0.25, -0.2) is 4.39 Å². The number of nitrogens with one attached hydrogen (secondary N) is 1. The number of carbonyl (C=O) groups is 2. The zero-order valence-electron chi connectivity index (χ0n) is 19.5. The second-order valence-electron chi connectivity index (χ2n) is 10.5. The SMILES string of the molecule is CC1(C)CC(=O)n2c(c(-c3ccc(C(N)=O)c(N[C@H]4CC[C@H](O)CC4)c3)c3ccc(F)cc32)C1. The first-order valence-corrected chi connectivity index (χ1v) is 11.9. The second kappa shape index (κ2) is 8.24. The molecule has 7 heteroatoms. The van der Waals surface area contributed by atoms with Crippen molar-refractivity contribution in [3.05, 3.63) is 53.5 Å². The van der Waals surface area contributed by atoms with E-state index in [0.717, 1.165) is 35.0 Å². The zero-order chi connectivity index (χ0) is 24.2. The molecule has 1 aliphatic heterocycles. The van der Waals surface area contributed by atoms with Gasteiger partial charge in [-0.3, -0.25) is 14.2 Å². The summed E-state index contributed by atoms with van der Waals surface area (Å²) in [5.74, 6) is -0.948. The van der Waals surface area contributed by atoms with Crippen LogP contribution < -0.4 is 11.1 Å². The third kappa shape index (κ3) is 3.98. The number of aliphatic hydroxyl groups excluding tert-OH is 1. The van der Waals surface area contributed by atoms with Gasteiger partial charge in [-0.2, -0.15) is 0 Å². The molecule has 1 fully saturated rings. The predicted octanol–water partition coefficient (Wildman–Crippen LogP) is 4.87. The molecule has 3 aromatic rings. The first kappa shape index (κ1) is 22.6. The van der Waals surface area contributed by atoms with Crippen molar-refractivity contribution in [2.24, 2.45) is 11.1 Å². The maximum Gasteiger partial charge on any atom is 0.250 e. The maximum atomic E-state index is 14.2. The molecule has 2 aromatic carbocycles. The number of aromatic nitrogens is 1. The quantitative estimate of drug-likeness (QED) is 0.514. The fourth-order valence-corrected chi connectivity index (χ4v) is 5.57. The topological polar surface area (TPSA) is 97.4 Å². The van der Waals surface area contributed by atoms with Crippen LogP contribution in [0.1, 0.15) is 66.8 Å². The Morgan fingerprint density at radius 2 is 1.85 bits per heavy atom. The Morgan fingerprint density at radius 1 is 1.12 bits per heavy atom. The molecule has 0 saturated heterocycles. The summed E-state index contributed by atoms with van der Waals surface area (Å²) in [5.41, 5.74) is 9.66. The number of amides is 1. The van der Waals surface area contributed by atoms with Gasteiger partial charge in [0.05, 0.1) is 17.2 Å². The summed E-state index contributed by atoms with van der Waals surface area (Å²) in [7, 11) is 0. The summed E-state index contributed by atoms with van der Waals surface area (Å²) in [4.78, 5) is 25.3. The molecule has 0 radical (unpaired) electrons. The summed E-state index contributed by atoms with van der Waals surface area (Å²) in [6.45, 7) is 4.13. The van der Waals surface area contributed by atoms with Gasteiger partial charge < -0.3 is 16.2 Å². The predicted molar refractivity (Wildman–Crippen MR) is 130 cm³/mol. The number of aliphatic hydroxyl groups is 1. The van der Waals surface area contributed by atoms with Crippen LogP contribution in [0.15, 0.2) is 36.4 Å². The van der Waals surface area contributed by atoms with Gasteiger partial charge in [0.15, 0.2) is 0 Å². The Balaban J connectivity index is 1.67. The van der Waals surface area contributed by atoms with Crippen molar-refractivity contribution < 1.29 is 19.1 Å². The van der Waals surface area contributed by atoms with E-state index in [4.69, 9.17) is 5.73 Å². The first-order valence-electron chi connectivity index (χ1n) is 11.9. The molecule has 0 spiro atoms. The molecule has 1 aromatic heterocycles. The van der Waals surface area contributed by atoms with E-state index in [1.165, 1.54) is 12.1 Å². The summed E-state index contributed by atoms with van der Waals surface area (Å²) in [5, 5.41) is 14.1. The maximum absolute atomic E-state index is 14.2. The van der Waals surface area contributed by atoms with E-state index in [2.05, 4.69) is 19.2 Å². The molecule has 0 atom stereocenters. The van der Waals surface area contributed by atoms with Gasteiger partial charge in [-0.05, 0) is 73.4 Å². The highest BCUT2D eigenvalue weighted by Gasteiger charge is 2.35. The number of halogens is 1. The number of primary amides is 1. The van der Waals surface area contributed by atoms with Crippen molar-refractivity contribution in [3.63, 3.8) is 0 Å². The van der Waals surface area contributed by atoms with Crippen molar-refractivity contribution in [3.8, 4) is 11.1 Å². The highest BCUT2D eigenvalue weighted by molar-refractivity contribution is 6.06. The van der Waals surface area contributed by atoms with Crippen LogP contribution in [-0.2, 0) is 6.42 Å². The molecular weight excluding hydrogens is 433 g/mol. The number of nitrogens with zero attached hydrogens (tertiary/aromatic N) is 1. The smallest absolute Gasteiger partial charge is 0.250 e. The molecule has 5 rings (SSSR count). The van der Waals surface area contributed by atoms with Crippen molar-refractivity contribution in [1.29, 1.82) is 0 Å². The molecule has 0 unspecified atom stereocenters. The molecule has 1 saturated carbocycles. The third-order valence-electron chi connectivity index (χ3n) is 7.18. The fraction of sp³-hybridized carbons (Fsp3) is 0.407. The van der Waals surface area contributed by atoms with Crippen LogP contribution >= 0.6 is 0 Å². The van der Waals surface area contributed by atoms with E-state index >= 15 is 0 Å². The lowest BCUT2D eigenvalue weighted by Crippen LogP contribution is -2.31. The first-order chi connectivity index (χ1) is 16.1. The Morgan fingerprint density at radius 3 is 2.56 bits per heavy atom. The summed E-state index contributed by atoms with van der Waals surface area (Å²) in [6, 6.07) is 10.2. The second-order valence-corrected chi connectivity index (χ2v) is 10.5. The van der Waals surface area contributed by atoms with Crippen LogP contribution in [0.4, 0.5) is 10.1 Å². The van der Waals surface area contributed by atoms with Gasteiger partial charge in [-0.15, -0.1) is 0 Å². The largest absolute Gasteiger partial charge is 0.393 e. The van der Waals surface area contributed by atoms with Gasteiger partial charge in [0.25, 0.3) is 5.91 Å². The van der Waals surface area contributed by atoms with E-state index in [-0.39, 0.29) is 29.3 Å². The third-order valence-corrected chi connectivity index (χ3v) is 7.18. The minimum atomic E-state index is -0.521. The van der Waals surface area contributed by atoms with E-state index in [0.29, 0.717) is 42.5 Å². The van der Waals surface area contributed by atoms with E-state index in [1.807, 2.05) is 12.1 Å². The minimum Gasteiger partial charge on any atom is -0.393 e. The Hall–Kier alpha value is -3.19. The van der Waals surface area contributed by atoms with Gasteiger partial charge in [0, 0.05) is 34.8 Å². The average molecular weight is 464 g/mol. The molecule has 178 valence electrons. The minimum absolute atomic E-state index is 0.0408. The molecule has 4 N–H and O–H groups in total. The number of hydrogen-bond acceptors (Lipinski definition) is 4. The normalized spacial score (nSPS) is 21.9. The molecular formula is C27H30FN3O3. The van der Waals surface area contributed by atoms with Crippen LogP contribution in [0.2, 0.25) is 0 Å². The number of rotatable bonds is 4. The summed E-state index contributed by atoms with van der Waals surface area (Å²) >= 11 is 0. The van der Waals surface area contributed by atoms with E-state index in [9.17, 15) is 19.1 Å². The highest BCUT2D eigenvalue weighted by atomic mass is 19.1. The molecule has 0 bridgehead atoms. The number of anilines is 1. The van der Waals surface area contributed by atoms with Crippen LogP contribution in [0, 0.1) is 11.2 Å². The Kier molecular flexibility index (Phi) is 5.47. The molecule has 2 heterocycles. The number of carbonyl (C=O) groups excluding carboxylic acids is 2. The van der Waals surface area contributed by atoms with Crippen LogP contribution in [0.25, 0.3) is 22.0 Å². The van der Waals surface area contributed by atoms with Gasteiger partial charge in [-0.1, -0.05) is 19.9 Å². The Labute approximate surface area is 197 Å². The van der Waals surface area contributed by atoms with E-state index < -0.39 is 5.91 Å². The molecule has 1 aliphatic carbocycles. The Bertz CT molecular complexity index is 1300. The average Bonchev–Trinajstić information content (AvgIpc) is 3.07. The van der Waals surface area contributed by atoms with Crippen molar-refractivity contribution in [1.82, 2.24) is 4.57 Å². The lowest BCUT2D eigenvalue weighted by molar-refractivity contribution is 0.0816. The fourth-order valence-electron chi connectivity index (χ4n) is 5.57. The van der Waals surface area contributed by atoms with Crippen LogP contribution in [0.3, 0.4) is 0 Å². The van der Waals surface area contributed by atoms with Gasteiger partial charge in [0.1, 0.15) is 5.82 Å². The summed E-state index contributed by atoms with van der Waals surface area (Å²) in [6.07, 6.45) is 3.81. The van der Waals surface area contributed by atoms with Crippen molar-refractivity contribution in [2.45, 2.75) is 64.5 Å². The highest BCUT2D eigenvalue weighted by Crippen LogP contribution is 2.43. The molecule has 34 heavy (non-hydrogen) atoms. The van der Waals surface area contributed by atoms with Crippen LogP contribution in [-0.4, -0.2) is 33.6 Å². The molecule has 1 amide bonds. The number of nitrogens with two attached hydrogens (primary N) is 1. The standard InChI is InChI=1S/C27H30FN3O3/c1-27(2)13-23-25(20-10-4-16(28)12-22(20)31(23)24(33)14-27)15-3-9-19(26(29)34)21(11-15)30-17-5-7-18(32)8-6-17/h3-4,9-12,17-18,30,32H,5-8,13-14H2,1-2H3,(H2,29,34)/t17-,18-. The lowest BCUT2D eigenvalue weighted by atomic mass is 9.80. The monoisotopic (exact) mass is 463 g/mol. The van der Waals surface area contributed by atoms with Crippen LogP contribution in [0.5, 0.6) is 0 Å². The lowest BCUT2D eigenvalue weighted by Gasteiger charge is -2.31. The number of benzene rings is 2. The zero-order valence-corrected chi connectivity index (χ0v) is 19.5.